The molecular formula is C17H24N4O2S. The number of nitrogens with zero attached hydrogens (tertiary/aromatic N) is 3. The number of aromatic nitrogens is 1. The molecule has 2 rings (SSSR count). The number of rotatable bonds is 6. The van der Waals surface area contributed by atoms with Crippen LogP contribution in [0.25, 0.3) is 10.9 Å². The van der Waals surface area contributed by atoms with Crippen molar-refractivity contribution < 1.29 is 9.84 Å². The van der Waals surface area contributed by atoms with Crippen LogP contribution >= 0.6 is 12.2 Å². The summed E-state index contributed by atoms with van der Waals surface area (Å²) in [7, 11) is 1.63. The lowest BCUT2D eigenvalue weighted by atomic mass is 10.2. The van der Waals surface area contributed by atoms with E-state index < -0.39 is 0 Å². The van der Waals surface area contributed by atoms with Crippen molar-refractivity contribution in [3.8, 4) is 5.88 Å². The Hall–Kier alpha value is -1.99. The van der Waals surface area contributed by atoms with Gasteiger partial charge in [0.2, 0.25) is 11.0 Å². The lowest BCUT2D eigenvalue weighted by Gasteiger charge is -2.11. The summed E-state index contributed by atoms with van der Waals surface area (Å²) in [5.74, 6) is 0.510. The molecule has 24 heavy (non-hydrogen) atoms. The Labute approximate surface area is 147 Å². The normalized spacial score (nSPS) is 13.0. The Morgan fingerprint density at radius 3 is 2.71 bits per heavy atom. The number of para-hydroxylation sites is 1. The Bertz CT molecular complexity index is 740. The SMILES string of the molecule is COC[C@@H](C)NC(=S)N=Nc1c(O)n(CC(C)C)c2ccccc12. The van der Waals surface area contributed by atoms with Crippen LogP contribution in [0.4, 0.5) is 5.69 Å². The van der Waals surface area contributed by atoms with E-state index in [9.17, 15) is 5.11 Å². The first-order valence-corrected chi connectivity index (χ1v) is 8.36. The molecule has 2 N–H and O–H groups in total. The molecule has 7 heteroatoms. The second kappa shape index (κ2) is 8.21. The molecule has 0 radical (unpaired) electrons. The van der Waals surface area contributed by atoms with Gasteiger partial charge < -0.3 is 19.7 Å². The van der Waals surface area contributed by atoms with Gasteiger partial charge in [-0.2, -0.15) is 0 Å². The van der Waals surface area contributed by atoms with Gasteiger partial charge in [-0.1, -0.05) is 32.0 Å². The molecule has 0 aliphatic carbocycles. The van der Waals surface area contributed by atoms with E-state index in [0.717, 1.165) is 10.9 Å². The number of hydrogen-bond donors (Lipinski definition) is 2. The van der Waals surface area contributed by atoms with E-state index in [0.29, 0.717) is 24.8 Å². The van der Waals surface area contributed by atoms with Crippen molar-refractivity contribution in [1.82, 2.24) is 9.88 Å². The predicted molar refractivity (Wildman–Crippen MR) is 100 cm³/mol. The van der Waals surface area contributed by atoms with Crippen LogP contribution in [0.3, 0.4) is 0 Å². The van der Waals surface area contributed by atoms with Gasteiger partial charge in [0.05, 0.1) is 12.1 Å². The van der Waals surface area contributed by atoms with Gasteiger partial charge in [0.15, 0.2) is 5.69 Å². The van der Waals surface area contributed by atoms with Crippen LogP contribution in [0.1, 0.15) is 20.8 Å². The molecule has 1 aromatic carbocycles. The first-order chi connectivity index (χ1) is 11.4. The Morgan fingerprint density at radius 1 is 1.33 bits per heavy atom. The number of nitrogens with one attached hydrogen (secondary N) is 1. The van der Waals surface area contributed by atoms with Gasteiger partial charge in [-0.05, 0) is 31.1 Å². The molecule has 0 saturated carbocycles. The van der Waals surface area contributed by atoms with Gasteiger partial charge in [0, 0.05) is 25.1 Å². The maximum Gasteiger partial charge on any atom is 0.220 e. The summed E-state index contributed by atoms with van der Waals surface area (Å²) >= 11 is 5.17. The van der Waals surface area contributed by atoms with E-state index in [2.05, 4.69) is 29.4 Å². The maximum atomic E-state index is 10.6. The van der Waals surface area contributed by atoms with Crippen molar-refractivity contribution >= 4 is 33.9 Å². The third-order valence-electron chi connectivity index (χ3n) is 3.49. The number of aromatic hydroxyl groups is 1. The number of benzene rings is 1. The molecule has 0 saturated heterocycles. The predicted octanol–water partition coefficient (Wildman–Crippen LogP) is 4.00. The van der Waals surface area contributed by atoms with E-state index in [1.165, 1.54) is 0 Å². The maximum absolute atomic E-state index is 10.6. The van der Waals surface area contributed by atoms with Gasteiger partial charge in [-0.25, -0.2) is 0 Å². The van der Waals surface area contributed by atoms with Crippen LogP contribution in [0.2, 0.25) is 0 Å². The van der Waals surface area contributed by atoms with Crippen LogP contribution in [-0.4, -0.2) is 34.5 Å². The third-order valence-corrected chi connectivity index (χ3v) is 3.69. The number of fused-ring (bicyclic) bond motifs is 1. The molecule has 6 nitrogen and oxygen atoms in total. The molecule has 0 spiro atoms. The summed E-state index contributed by atoms with van der Waals surface area (Å²) in [6.07, 6.45) is 0. The zero-order chi connectivity index (χ0) is 17.7. The van der Waals surface area contributed by atoms with Gasteiger partial charge in [-0.3, -0.25) is 0 Å². The highest BCUT2D eigenvalue weighted by Crippen LogP contribution is 2.39. The fraction of sp³-hybridized carbons (Fsp3) is 0.471. The van der Waals surface area contributed by atoms with Gasteiger partial charge in [-0.15, -0.1) is 10.2 Å². The molecule has 0 aliphatic heterocycles. The molecule has 1 aromatic heterocycles. The zero-order valence-corrected chi connectivity index (χ0v) is 15.3. The van der Waals surface area contributed by atoms with E-state index in [4.69, 9.17) is 17.0 Å². The fourth-order valence-corrected chi connectivity index (χ4v) is 2.79. The molecule has 0 amide bonds. The van der Waals surface area contributed by atoms with Gasteiger partial charge in [0.1, 0.15) is 0 Å². The van der Waals surface area contributed by atoms with Crippen LogP contribution < -0.4 is 5.32 Å². The molecule has 1 atom stereocenters. The topological polar surface area (TPSA) is 71.1 Å². The summed E-state index contributed by atoms with van der Waals surface area (Å²) in [6.45, 7) is 7.37. The van der Waals surface area contributed by atoms with Crippen LogP contribution in [0.15, 0.2) is 34.5 Å². The first-order valence-electron chi connectivity index (χ1n) is 7.95. The second-order valence-electron chi connectivity index (χ2n) is 6.20. The largest absolute Gasteiger partial charge is 0.493 e. The Morgan fingerprint density at radius 2 is 2.04 bits per heavy atom. The van der Waals surface area contributed by atoms with Gasteiger partial charge in [0.25, 0.3) is 0 Å². The minimum absolute atomic E-state index is 0.0392. The molecule has 1 heterocycles. The highest BCUT2D eigenvalue weighted by Gasteiger charge is 2.17. The third kappa shape index (κ3) is 4.30. The molecule has 0 aliphatic rings. The average molecular weight is 348 g/mol. The summed E-state index contributed by atoms with van der Waals surface area (Å²) in [6, 6.07) is 7.78. The number of ether oxygens (including phenoxy) is 1. The minimum atomic E-state index is 0.0392. The fourth-order valence-electron chi connectivity index (χ4n) is 2.55. The molecular weight excluding hydrogens is 324 g/mol. The lowest BCUT2D eigenvalue weighted by molar-refractivity contribution is 0.179. The van der Waals surface area contributed by atoms with Crippen LogP contribution in [-0.2, 0) is 11.3 Å². The van der Waals surface area contributed by atoms with E-state index in [1.807, 2.05) is 35.8 Å². The first kappa shape index (κ1) is 18.4. The Kier molecular flexibility index (Phi) is 6.28. The van der Waals surface area contributed by atoms with Crippen molar-refractivity contribution in [1.29, 1.82) is 0 Å². The monoisotopic (exact) mass is 348 g/mol. The summed E-state index contributed by atoms with van der Waals surface area (Å²) < 4.78 is 6.91. The second-order valence-corrected chi connectivity index (χ2v) is 6.59. The molecule has 2 aromatic rings. The average Bonchev–Trinajstić information content (AvgIpc) is 2.77. The lowest BCUT2D eigenvalue weighted by Crippen LogP contribution is -2.33. The van der Waals surface area contributed by atoms with Crippen molar-refractivity contribution in [3.63, 3.8) is 0 Å². The van der Waals surface area contributed by atoms with Crippen molar-refractivity contribution in [3.05, 3.63) is 24.3 Å². The van der Waals surface area contributed by atoms with Crippen LogP contribution in [0, 0.1) is 5.92 Å². The van der Waals surface area contributed by atoms with Crippen molar-refractivity contribution in [2.75, 3.05) is 13.7 Å². The van der Waals surface area contributed by atoms with Crippen molar-refractivity contribution in [2.45, 2.75) is 33.4 Å². The van der Waals surface area contributed by atoms with E-state index in [-0.39, 0.29) is 17.0 Å². The van der Waals surface area contributed by atoms with E-state index in [1.54, 1.807) is 7.11 Å². The van der Waals surface area contributed by atoms with Gasteiger partial charge >= 0.3 is 0 Å². The number of hydrogen-bond acceptors (Lipinski definition) is 4. The highest BCUT2D eigenvalue weighted by atomic mass is 32.1. The smallest absolute Gasteiger partial charge is 0.220 e. The van der Waals surface area contributed by atoms with Crippen LogP contribution in [0.5, 0.6) is 5.88 Å². The Balaban J connectivity index is 2.30. The molecule has 0 fully saturated rings. The quantitative estimate of drug-likeness (QED) is 0.611. The standard InChI is InChI=1S/C17H24N4O2S/c1-11(2)9-21-14-8-6-5-7-13(14)15(16(21)22)19-20-17(24)18-12(3)10-23-4/h5-8,11-12,22H,9-10H2,1-4H3,(H,18,24)/t12-/m1/s1. The number of thiocarbonyl (C=S) groups is 1. The summed E-state index contributed by atoms with van der Waals surface area (Å²) in [4.78, 5) is 0. The number of methoxy groups -OCH3 is 1. The van der Waals surface area contributed by atoms with Crippen molar-refractivity contribution in [2.24, 2.45) is 16.1 Å². The number of azo groups is 1. The van der Waals surface area contributed by atoms with E-state index >= 15 is 0 Å². The molecule has 0 unspecified atom stereocenters. The summed E-state index contributed by atoms with van der Waals surface area (Å²) in [5.41, 5.74) is 1.37. The molecule has 130 valence electrons. The minimum Gasteiger partial charge on any atom is -0.493 e. The summed E-state index contributed by atoms with van der Waals surface area (Å²) in [5, 5.41) is 22.9. The molecule has 0 bridgehead atoms. The zero-order valence-electron chi connectivity index (χ0n) is 14.5. The highest BCUT2D eigenvalue weighted by molar-refractivity contribution is 7.80.